The second kappa shape index (κ2) is 8.45. The van der Waals surface area contributed by atoms with Gasteiger partial charge in [0.05, 0.1) is 18.0 Å². The van der Waals surface area contributed by atoms with Crippen molar-refractivity contribution in [2.45, 2.75) is 25.4 Å². The molecule has 0 radical (unpaired) electrons. The number of pyridine rings is 1. The third kappa shape index (κ3) is 4.30. The molecular weight excluding hydrogens is 384 g/mol. The third-order valence-corrected chi connectivity index (χ3v) is 5.30. The fourth-order valence-electron chi connectivity index (χ4n) is 3.50. The lowest BCUT2D eigenvalue weighted by atomic mass is 10.0. The lowest BCUT2D eigenvalue weighted by molar-refractivity contribution is -0.116. The highest BCUT2D eigenvalue weighted by Gasteiger charge is 2.41. The van der Waals surface area contributed by atoms with Gasteiger partial charge in [-0.3, -0.25) is 9.78 Å². The minimum absolute atomic E-state index is 0.0591. The molecule has 0 aliphatic carbocycles. The number of benzene rings is 1. The van der Waals surface area contributed by atoms with Crippen molar-refractivity contribution in [1.82, 2.24) is 15.2 Å². The summed E-state index contributed by atoms with van der Waals surface area (Å²) in [6.45, 7) is 2.48. The minimum atomic E-state index is -0.167. The number of carbonyl (C=O) groups is 1. The topological polar surface area (TPSA) is 70.4 Å². The number of aromatic nitrogens is 1. The van der Waals surface area contributed by atoms with Crippen LogP contribution < -0.4 is 10.6 Å². The molecule has 6 nitrogen and oxygen atoms in total. The smallest absolute Gasteiger partial charge is 0.226 e. The minimum Gasteiger partial charge on any atom is -0.467 e. The van der Waals surface area contributed by atoms with Crippen molar-refractivity contribution >= 4 is 28.9 Å². The highest BCUT2D eigenvalue weighted by atomic mass is 32.1. The molecule has 4 rings (SSSR count). The average Bonchev–Trinajstić information content (AvgIpc) is 3.36. The second-order valence-electron chi connectivity index (χ2n) is 7.00. The van der Waals surface area contributed by atoms with Crippen LogP contribution >= 0.6 is 12.2 Å². The second-order valence-corrected chi connectivity index (χ2v) is 7.39. The summed E-state index contributed by atoms with van der Waals surface area (Å²) in [6, 6.07) is 17.0. The fraction of sp³-hybridized carbons (Fsp3) is 0.227. The van der Waals surface area contributed by atoms with Crippen molar-refractivity contribution < 1.29 is 9.21 Å². The number of amides is 1. The monoisotopic (exact) mass is 406 g/mol. The SMILES string of the molecule is Cc1ccc(NC(=O)CCN2C(=S)N[C@H](c3ccccn3)[C@H]2c2ccco2)cc1. The van der Waals surface area contributed by atoms with E-state index in [-0.39, 0.29) is 18.0 Å². The van der Waals surface area contributed by atoms with E-state index in [0.29, 0.717) is 18.1 Å². The van der Waals surface area contributed by atoms with Gasteiger partial charge in [0.15, 0.2) is 5.11 Å². The molecule has 3 heterocycles. The number of aryl methyl sites for hydroxylation is 1. The van der Waals surface area contributed by atoms with Gasteiger partial charge in [0.25, 0.3) is 0 Å². The van der Waals surface area contributed by atoms with Gasteiger partial charge in [-0.15, -0.1) is 0 Å². The molecule has 148 valence electrons. The zero-order valence-corrected chi connectivity index (χ0v) is 16.9. The lowest BCUT2D eigenvalue weighted by Gasteiger charge is -2.25. The van der Waals surface area contributed by atoms with Crippen LogP contribution in [-0.4, -0.2) is 27.4 Å². The van der Waals surface area contributed by atoms with Gasteiger partial charge in [-0.25, -0.2) is 0 Å². The van der Waals surface area contributed by atoms with Crippen molar-refractivity contribution in [3.8, 4) is 0 Å². The lowest BCUT2D eigenvalue weighted by Crippen LogP contribution is -2.32. The molecule has 2 N–H and O–H groups in total. The molecule has 0 saturated carbocycles. The summed E-state index contributed by atoms with van der Waals surface area (Å²) >= 11 is 5.58. The van der Waals surface area contributed by atoms with Gasteiger partial charge in [-0.05, 0) is 55.5 Å². The summed E-state index contributed by atoms with van der Waals surface area (Å²) in [5.74, 6) is 0.725. The Balaban J connectivity index is 1.48. The molecule has 0 spiro atoms. The molecule has 1 aliphatic rings. The summed E-state index contributed by atoms with van der Waals surface area (Å²) in [5, 5.41) is 6.86. The Morgan fingerprint density at radius 3 is 2.72 bits per heavy atom. The van der Waals surface area contributed by atoms with Gasteiger partial charge < -0.3 is 20.0 Å². The number of thiocarbonyl (C=S) groups is 1. The Morgan fingerprint density at radius 1 is 1.21 bits per heavy atom. The maximum atomic E-state index is 12.5. The van der Waals surface area contributed by atoms with Gasteiger partial charge in [-0.1, -0.05) is 23.8 Å². The molecule has 0 unspecified atom stereocenters. The first-order chi connectivity index (χ1) is 14.1. The molecule has 1 amide bonds. The number of rotatable bonds is 6. The number of hydrogen-bond acceptors (Lipinski definition) is 4. The first kappa shape index (κ1) is 19.1. The van der Waals surface area contributed by atoms with E-state index in [9.17, 15) is 4.79 Å². The number of carbonyl (C=O) groups excluding carboxylic acids is 1. The van der Waals surface area contributed by atoms with E-state index in [4.69, 9.17) is 16.6 Å². The Labute approximate surface area is 174 Å². The van der Waals surface area contributed by atoms with Crippen LogP contribution in [-0.2, 0) is 4.79 Å². The van der Waals surface area contributed by atoms with Crippen LogP contribution in [0.15, 0.2) is 71.5 Å². The van der Waals surface area contributed by atoms with Crippen molar-refractivity contribution in [3.63, 3.8) is 0 Å². The molecular formula is C22H22N4O2S. The van der Waals surface area contributed by atoms with Crippen molar-refractivity contribution in [2.24, 2.45) is 0 Å². The summed E-state index contributed by atoms with van der Waals surface area (Å²) < 4.78 is 5.69. The predicted octanol–water partition coefficient (Wildman–Crippen LogP) is 3.98. The zero-order chi connectivity index (χ0) is 20.2. The summed E-state index contributed by atoms with van der Waals surface area (Å²) in [5.41, 5.74) is 2.82. The quantitative estimate of drug-likeness (QED) is 0.604. The number of hydrogen-bond donors (Lipinski definition) is 2. The molecule has 1 aromatic carbocycles. The first-order valence-electron chi connectivity index (χ1n) is 9.50. The Morgan fingerprint density at radius 2 is 2.03 bits per heavy atom. The van der Waals surface area contributed by atoms with E-state index in [0.717, 1.165) is 22.7 Å². The zero-order valence-electron chi connectivity index (χ0n) is 16.0. The Hall–Kier alpha value is -3.19. The molecule has 2 atom stereocenters. The molecule has 3 aromatic rings. The molecule has 1 aliphatic heterocycles. The van der Waals surface area contributed by atoms with E-state index in [1.54, 1.807) is 12.5 Å². The van der Waals surface area contributed by atoms with Crippen LogP contribution in [0.3, 0.4) is 0 Å². The molecule has 2 aromatic heterocycles. The molecule has 7 heteroatoms. The number of nitrogens with one attached hydrogen (secondary N) is 2. The van der Waals surface area contributed by atoms with Gasteiger partial charge in [0, 0.05) is 24.8 Å². The first-order valence-corrected chi connectivity index (χ1v) is 9.90. The Bertz CT molecular complexity index is 974. The van der Waals surface area contributed by atoms with E-state index in [2.05, 4.69) is 15.6 Å². The van der Waals surface area contributed by atoms with Crippen molar-refractivity contribution in [1.29, 1.82) is 0 Å². The van der Waals surface area contributed by atoms with Crippen molar-refractivity contribution in [3.05, 3.63) is 84.1 Å². The van der Waals surface area contributed by atoms with Gasteiger partial charge in [-0.2, -0.15) is 0 Å². The predicted molar refractivity (Wildman–Crippen MR) is 115 cm³/mol. The van der Waals surface area contributed by atoms with Gasteiger partial charge in [0.1, 0.15) is 11.8 Å². The van der Waals surface area contributed by atoms with E-state index in [1.807, 2.05) is 66.4 Å². The molecule has 29 heavy (non-hydrogen) atoms. The third-order valence-electron chi connectivity index (χ3n) is 4.95. The van der Waals surface area contributed by atoms with Gasteiger partial charge >= 0.3 is 0 Å². The van der Waals surface area contributed by atoms with Crippen LogP contribution in [0.1, 0.15) is 35.5 Å². The highest BCUT2D eigenvalue weighted by molar-refractivity contribution is 7.80. The van der Waals surface area contributed by atoms with Gasteiger partial charge in [0.2, 0.25) is 5.91 Å². The fourth-order valence-corrected chi connectivity index (χ4v) is 3.83. The molecule has 1 saturated heterocycles. The summed E-state index contributed by atoms with van der Waals surface area (Å²) in [4.78, 5) is 18.9. The molecule has 1 fully saturated rings. The molecule has 0 bridgehead atoms. The van der Waals surface area contributed by atoms with E-state index >= 15 is 0 Å². The van der Waals surface area contributed by atoms with E-state index in [1.165, 1.54) is 0 Å². The number of nitrogens with zero attached hydrogens (tertiary/aromatic N) is 2. The summed E-state index contributed by atoms with van der Waals surface area (Å²) in [7, 11) is 0. The van der Waals surface area contributed by atoms with Crippen LogP contribution in [0.2, 0.25) is 0 Å². The number of anilines is 1. The van der Waals surface area contributed by atoms with E-state index < -0.39 is 0 Å². The van der Waals surface area contributed by atoms with Crippen LogP contribution in [0.5, 0.6) is 0 Å². The van der Waals surface area contributed by atoms with Crippen LogP contribution in [0, 0.1) is 6.92 Å². The standard InChI is InChI=1S/C22H22N4O2S/c1-15-7-9-16(10-8-15)24-19(27)11-13-26-21(18-6-4-14-28-18)20(25-22(26)29)17-5-2-3-12-23-17/h2-10,12,14,20-21H,11,13H2,1H3,(H,24,27)(H,25,29)/t20-,21-/m1/s1. The van der Waals surface area contributed by atoms with Crippen LogP contribution in [0.25, 0.3) is 0 Å². The average molecular weight is 407 g/mol. The maximum absolute atomic E-state index is 12.5. The highest BCUT2D eigenvalue weighted by Crippen LogP contribution is 2.38. The maximum Gasteiger partial charge on any atom is 0.226 e. The van der Waals surface area contributed by atoms with Crippen LogP contribution in [0.4, 0.5) is 5.69 Å². The van der Waals surface area contributed by atoms with Crippen molar-refractivity contribution in [2.75, 3.05) is 11.9 Å². The normalized spacial score (nSPS) is 18.5. The largest absolute Gasteiger partial charge is 0.467 e. The number of furan rings is 1. The Kier molecular flexibility index (Phi) is 5.57. The summed E-state index contributed by atoms with van der Waals surface area (Å²) in [6.07, 6.45) is 3.72.